The molecule has 1 fully saturated rings. The first-order valence-corrected chi connectivity index (χ1v) is 31.7. The molecular weight excluding hydrogens is 1220 g/mol. The second kappa shape index (κ2) is 36.2. The molecule has 1 aliphatic heterocycles. The van der Waals surface area contributed by atoms with Crippen LogP contribution in [0.15, 0.2) is 115 Å². The van der Waals surface area contributed by atoms with Gasteiger partial charge < -0.3 is 84.9 Å². The lowest BCUT2D eigenvalue weighted by Crippen LogP contribution is -2.61. The van der Waals surface area contributed by atoms with Crippen LogP contribution in [0.2, 0.25) is 0 Å². The van der Waals surface area contributed by atoms with E-state index >= 15 is 4.79 Å². The molecule has 11 amide bonds. The van der Waals surface area contributed by atoms with Crippen LogP contribution in [-0.2, 0) is 83.2 Å². The van der Waals surface area contributed by atoms with Gasteiger partial charge in [0.1, 0.15) is 60.4 Å². The van der Waals surface area contributed by atoms with Gasteiger partial charge in [-0.3, -0.25) is 52.7 Å². The molecule has 0 radical (unpaired) electrons. The van der Waals surface area contributed by atoms with Crippen LogP contribution in [0.4, 0.5) is 0 Å². The highest BCUT2D eigenvalue weighted by Gasteiger charge is 2.41. The Morgan fingerprint density at radius 2 is 1.12 bits per heavy atom. The number of amides is 11. The number of primary amides is 2. The zero-order valence-electron chi connectivity index (χ0n) is 53.8. The second-order valence-electron chi connectivity index (χ2n) is 24.5. The summed E-state index contributed by atoms with van der Waals surface area (Å²) in [4.78, 5) is 170. The number of aromatic hydroxyl groups is 1. The van der Waals surface area contributed by atoms with Crippen LogP contribution in [0.25, 0.3) is 10.9 Å². The van der Waals surface area contributed by atoms with E-state index in [1.165, 1.54) is 29.2 Å². The summed E-state index contributed by atoms with van der Waals surface area (Å²) in [6, 6.07) is 17.9. The third kappa shape index (κ3) is 22.7. The first kappa shape index (κ1) is 73.7. The molecule has 4 aromatic carbocycles. The number of carbonyl (C=O) groups is 12. The maximum Gasteiger partial charge on any atom is 0.246 e. The Morgan fingerprint density at radius 3 is 1.73 bits per heavy atom. The SMILES string of the molecule is CC(C)CC(NC(=O)C(CCC=N)NC(=O)C(NC(=O)C(Cc1ccc(O)cc1)NC(=O)C(CCC(N)=O)NC(=O)C(N)CC(N)=O)C(C)C)C(=O)NC(Cc1ccccc1)C(=O)N1CCCC1C(=O)NC(Cc1c[nH]c2ccccc12)C(=O)NC(C=O)Cc1ccccc1. The number of carbonyl (C=O) groups excluding carboxylic acids is 12. The van der Waals surface area contributed by atoms with Gasteiger partial charge in [0.15, 0.2) is 0 Å². The molecule has 17 N–H and O–H groups in total. The lowest BCUT2D eigenvalue weighted by molar-refractivity contribution is -0.142. The van der Waals surface area contributed by atoms with Crippen molar-refractivity contribution in [1.82, 2.24) is 52.4 Å². The molecule has 27 nitrogen and oxygen atoms in total. The van der Waals surface area contributed by atoms with Crippen LogP contribution in [0.1, 0.15) is 101 Å². The zero-order valence-corrected chi connectivity index (χ0v) is 53.8. The molecule has 0 spiro atoms. The van der Waals surface area contributed by atoms with Crippen molar-refractivity contribution in [2.75, 3.05) is 6.54 Å². The normalized spacial score (nSPS) is 15.7. The number of phenolic OH excluding ortho intramolecular Hbond substituents is 1. The molecule has 1 aliphatic rings. The number of H-pyrrole nitrogens is 1. The fourth-order valence-corrected chi connectivity index (χ4v) is 11.1. The smallest absolute Gasteiger partial charge is 0.246 e. The molecule has 2 heterocycles. The fourth-order valence-electron chi connectivity index (χ4n) is 11.1. The number of aromatic amines is 1. The molecule has 1 saturated heterocycles. The molecule has 10 unspecified atom stereocenters. The van der Waals surface area contributed by atoms with E-state index in [0.29, 0.717) is 29.4 Å². The van der Waals surface area contributed by atoms with Gasteiger partial charge in [0.2, 0.25) is 65.0 Å². The van der Waals surface area contributed by atoms with Gasteiger partial charge in [-0.15, -0.1) is 0 Å². The quantitative estimate of drug-likeness (QED) is 0.0193. The van der Waals surface area contributed by atoms with Crippen molar-refractivity contribution in [2.45, 2.75) is 165 Å². The number of hydrogen-bond acceptors (Lipinski definition) is 15. The summed E-state index contributed by atoms with van der Waals surface area (Å²) in [6.07, 6.45) is 2.46. The van der Waals surface area contributed by atoms with Crippen molar-refractivity contribution in [1.29, 1.82) is 5.41 Å². The van der Waals surface area contributed by atoms with Crippen molar-refractivity contribution in [3.05, 3.63) is 138 Å². The average molecular weight is 1310 g/mol. The van der Waals surface area contributed by atoms with E-state index < -0.39 is 144 Å². The number of likely N-dealkylation sites (tertiary alicyclic amines) is 1. The minimum atomic E-state index is -1.52. The van der Waals surface area contributed by atoms with E-state index in [4.69, 9.17) is 22.6 Å². The monoisotopic (exact) mass is 1310 g/mol. The maximum absolute atomic E-state index is 15.1. The van der Waals surface area contributed by atoms with Gasteiger partial charge >= 0.3 is 0 Å². The van der Waals surface area contributed by atoms with Crippen LogP contribution < -0.4 is 59.7 Å². The molecular formula is C68H88N14O13. The lowest BCUT2D eigenvalue weighted by atomic mass is 9.99. The topological polar surface area (TPSA) is 442 Å². The highest BCUT2D eigenvalue weighted by Crippen LogP contribution is 2.24. The second-order valence-corrected chi connectivity index (χ2v) is 24.5. The summed E-state index contributed by atoms with van der Waals surface area (Å²) in [5.74, 6) is -10.0. The molecule has 10 atom stereocenters. The molecule has 0 aliphatic carbocycles. The van der Waals surface area contributed by atoms with Crippen LogP contribution in [0.5, 0.6) is 5.75 Å². The third-order valence-electron chi connectivity index (χ3n) is 16.2. The standard InChI is InChI=1S/C68H88N14O13/c1-39(2)31-52(77-61(88)50(21-13-29-69)76-67(94)59(40(3)4)81-65(92)53(33-43-23-25-46(84)26-24-43)78-62(89)51(27-28-57(71)85)75-60(87)48(70)36-58(72)86)64(91)80-55(34-42-17-9-6-10-18-42)68(95)82-30-14-22-56(82)66(93)79-54(35-44-37-73-49-20-12-11-19-47(44)49)63(90)74-45(38-83)32-41-15-7-5-8-16-41/h5-12,15-20,23-26,29,37-40,45,48,50-56,59,69,73,84H,13-14,21-22,27-28,30-36,70H2,1-4H3,(H2,71,85)(H2,72,86)(H,74,90)(H,75,87)(H,76,94)(H,77,88)(H,78,89)(H,79,93)(H,80,91)(H,81,92). The van der Waals surface area contributed by atoms with Gasteiger partial charge in [0.05, 0.1) is 18.5 Å². The van der Waals surface area contributed by atoms with E-state index in [0.717, 1.165) is 22.7 Å². The predicted molar refractivity (Wildman–Crippen MR) is 353 cm³/mol. The van der Waals surface area contributed by atoms with Gasteiger partial charge in [-0.1, -0.05) is 119 Å². The number of hydrogen-bond donors (Lipinski definition) is 14. The van der Waals surface area contributed by atoms with Crippen molar-refractivity contribution < 1.29 is 62.6 Å². The summed E-state index contributed by atoms with van der Waals surface area (Å²) >= 11 is 0. The summed E-state index contributed by atoms with van der Waals surface area (Å²) in [5.41, 5.74) is 19.8. The molecule has 6 rings (SSSR count). The minimum Gasteiger partial charge on any atom is -0.508 e. The summed E-state index contributed by atoms with van der Waals surface area (Å²) < 4.78 is 0. The number of para-hydroxylation sites is 1. The number of phenols is 1. The van der Waals surface area contributed by atoms with E-state index in [1.54, 1.807) is 50.4 Å². The van der Waals surface area contributed by atoms with Crippen LogP contribution in [0, 0.1) is 17.2 Å². The number of aromatic nitrogens is 1. The number of nitrogens with one attached hydrogen (secondary N) is 10. The molecule has 508 valence electrons. The number of benzene rings is 4. The van der Waals surface area contributed by atoms with E-state index in [9.17, 15) is 57.8 Å². The molecule has 0 bridgehead atoms. The van der Waals surface area contributed by atoms with Crippen LogP contribution in [0.3, 0.4) is 0 Å². The highest BCUT2D eigenvalue weighted by atomic mass is 16.3. The average Bonchev–Trinajstić information content (AvgIpc) is 1.76. The van der Waals surface area contributed by atoms with Crippen molar-refractivity contribution in [3.8, 4) is 5.75 Å². The first-order valence-electron chi connectivity index (χ1n) is 31.7. The number of nitrogens with zero attached hydrogens (tertiary/aromatic N) is 1. The molecule has 5 aromatic rings. The number of fused-ring (bicyclic) bond motifs is 1. The zero-order chi connectivity index (χ0) is 69.3. The lowest BCUT2D eigenvalue weighted by Gasteiger charge is -2.31. The van der Waals surface area contributed by atoms with Gasteiger partial charge in [0.25, 0.3) is 0 Å². The molecule has 95 heavy (non-hydrogen) atoms. The van der Waals surface area contributed by atoms with Crippen molar-refractivity contribution in [3.63, 3.8) is 0 Å². The van der Waals surface area contributed by atoms with Gasteiger partial charge in [-0.2, -0.15) is 0 Å². The fraction of sp³-hybridized carbons (Fsp3) is 0.426. The van der Waals surface area contributed by atoms with E-state index in [-0.39, 0.29) is 76.0 Å². The van der Waals surface area contributed by atoms with Gasteiger partial charge in [0, 0.05) is 49.3 Å². The summed E-state index contributed by atoms with van der Waals surface area (Å²) in [5, 5.41) is 40.3. The predicted octanol–water partition coefficient (Wildman–Crippen LogP) is 0.812. The third-order valence-corrected chi connectivity index (χ3v) is 16.2. The van der Waals surface area contributed by atoms with Crippen molar-refractivity contribution in [2.24, 2.45) is 29.0 Å². The Kier molecular flexibility index (Phi) is 28.1. The van der Waals surface area contributed by atoms with Crippen molar-refractivity contribution >= 4 is 88.4 Å². The number of aldehydes is 1. The Bertz CT molecular complexity index is 3490. The summed E-state index contributed by atoms with van der Waals surface area (Å²) in [6.45, 7) is 6.93. The number of nitrogens with two attached hydrogens (primary N) is 3. The molecule has 1 aromatic heterocycles. The first-order chi connectivity index (χ1) is 45.3. The largest absolute Gasteiger partial charge is 0.508 e. The molecule has 27 heteroatoms. The van der Waals surface area contributed by atoms with Gasteiger partial charge in [-0.25, -0.2) is 0 Å². The van der Waals surface area contributed by atoms with E-state index in [1.807, 2.05) is 68.4 Å². The van der Waals surface area contributed by atoms with Gasteiger partial charge in [-0.05, 0) is 103 Å². The summed E-state index contributed by atoms with van der Waals surface area (Å²) in [7, 11) is 0. The van der Waals surface area contributed by atoms with E-state index in [2.05, 4.69) is 47.5 Å². The van der Waals surface area contributed by atoms with Crippen LogP contribution in [-0.4, -0.2) is 159 Å². The minimum absolute atomic E-state index is 0.0215. The number of rotatable bonds is 37. The highest BCUT2D eigenvalue weighted by molar-refractivity contribution is 5.99. The molecule has 0 saturated carbocycles. The maximum atomic E-state index is 15.1. The Hall–Kier alpha value is -10.3. The Labute approximate surface area is 550 Å². The Morgan fingerprint density at radius 1 is 0.589 bits per heavy atom. The van der Waals surface area contributed by atoms with Crippen LogP contribution >= 0.6 is 0 Å². The Balaban J connectivity index is 1.21.